The lowest BCUT2D eigenvalue weighted by molar-refractivity contribution is -0.117. The molecule has 0 saturated carbocycles. The Labute approximate surface area is 164 Å². The third kappa shape index (κ3) is 3.26. The molecule has 0 spiro atoms. The predicted molar refractivity (Wildman–Crippen MR) is 107 cm³/mol. The van der Waals surface area contributed by atoms with E-state index in [0.29, 0.717) is 31.3 Å². The van der Waals surface area contributed by atoms with Gasteiger partial charge < -0.3 is 14.2 Å². The number of nitrogens with zero attached hydrogens (tertiary/aromatic N) is 3. The average Bonchev–Trinajstić information content (AvgIpc) is 3.30. The number of carbonyl (C=O) groups excluding carboxylic acids is 1. The third-order valence-corrected chi connectivity index (χ3v) is 5.05. The molecule has 0 N–H and O–H groups in total. The molecule has 2 heterocycles. The van der Waals surface area contributed by atoms with Crippen LogP contribution in [0.3, 0.4) is 0 Å². The maximum atomic E-state index is 12.7. The number of anilines is 1. The molecular weight excluding hydrogens is 354 g/mol. The Hall–Kier alpha value is -3.15. The Kier molecular flexibility index (Phi) is 4.86. The van der Waals surface area contributed by atoms with E-state index in [9.17, 15) is 4.79 Å². The minimum atomic E-state index is -0.119. The highest BCUT2D eigenvalue weighted by molar-refractivity contribution is 5.97. The highest BCUT2D eigenvalue weighted by Gasteiger charge is 2.36. The van der Waals surface area contributed by atoms with Crippen LogP contribution in [0.5, 0.6) is 5.75 Å². The molecule has 1 saturated heterocycles. The van der Waals surface area contributed by atoms with Gasteiger partial charge in [0.25, 0.3) is 0 Å². The monoisotopic (exact) mass is 377 g/mol. The van der Waals surface area contributed by atoms with E-state index in [1.54, 1.807) is 0 Å². The maximum absolute atomic E-state index is 12.7. The molecule has 4 rings (SSSR count). The number of carbonyl (C=O) groups is 1. The van der Waals surface area contributed by atoms with Crippen molar-refractivity contribution in [1.82, 2.24) is 10.1 Å². The molecule has 1 aliphatic rings. The minimum Gasteiger partial charge on any atom is -0.493 e. The molecule has 0 bridgehead atoms. The van der Waals surface area contributed by atoms with Gasteiger partial charge in [0.15, 0.2) is 0 Å². The molecule has 28 heavy (non-hydrogen) atoms. The van der Waals surface area contributed by atoms with E-state index in [0.717, 1.165) is 28.1 Å². The first-order valence-corrected chi connectivity index (χ1v) is 9.51. The Morgan fingerprint density at radius 1 is 1.14 bits per heavy atom. The van der Waals surface area contributed by atoms with Crippen LogP contribution in [0.2, 0.25) is 0 Å². The second-order valence-electron chi connectivity index (χ2n) is 7.03. The molecule has 144 valence electrons. The normalized spacial score (nSPS) is 16.6. The summed E-state index contributed by atoms with van der Waals surface area (Å²) in [5.74, 6) is 1.65. The van der Waals surface area contributed by atoms with Gasteiger partial charge in [0.1, 0.15) is 5.75 Å². The number of ether oxygens (including phenoxy) is 1. The van der Waals surface area contributed by atoms with Crippen molar-refractivity contribution in [2.24, 2.45) is 0 Å². The Bertz CT molecular complexity index is 992. The predicted octanol–water partition coefficient (Wildman–Crippen LogP) is 4.27. The first kappa shape index (κ1) is 18.2. The van der Waals surface area contributed by atoms with Crippen molar-refractivity contribution in [2.75, 3.05) is 18.1 Å². The molecule has 1 fully saturated rings. The van der Waals surface area contributed by atoms with Gasteiger partial charge in [-0.05, 0) is 44.0 Å². The number of amides is 1. The van der Waals surface area contributed by atoms with Gasteiger partial charge in [-0.25, -0.2) is 0 Å². The zero-order valence-electron chi connectivity index (χ0n) is 16.3. The fourth-order valence-electron chi connectivity index (χ4n) is 3.76. The SMILES string of the molecule is CCOc1ccccc1-c1noc(C2CC(=O)N(c3c(C)cccc3C)C2)n1. The number of hydrogen-bond acceptors (Lipinski definition) is 5. The van der Waals surface area contributed by atoms with Crippen LogP contribution in [-0.2, 0) is 4.79 Å². The Balaban J connectivity index is 1.60. The van der Waals surface area contributed by atoms with Gasteiger partial charge in [-0.2, -0.15) is 4.98 Å². The average molecular weight is 377 g/mol. The summed E-state index contributed by atoms with van der Waals surface area (Å²) in [5.41, 5.74) is 3.95. The molecule has 2 aromatic carbocycles. The number of rotatable bonds is 5. The lowest BCUT2D eigenvalue weighted by Gasteiger charge is -2.21. The van der Waals surface area contributed by atoms with Gasteiger partial charge in [0, 0.05) is 18.7 Å². The topological polar surface area (TPSA) is 68.5 Å². The second kappa shape index (κ2) is 7.46. The van der Waals surface area contributed by atoms with Gasteiger partial charge in [-0.1, -0.05) is 35.5 Å². The van der Waals surface area contributed by atoms with Crippen LogP contribution < -0.4 is 9.64 Å². The van der Waals surface area contributed by atoms with Crippen LogP contribution in [0, 0.1) is 13.8 Å². The van der Waals surface area contributed by atoms with Gasteiger partial charge in [0.2, 0.25) is 17.6 Å². The van der Waals surface area contributed by atoms with Crippen molar-refractivity contribution >= 4 is 11.6 Å². The van der Waals surface area contributed by atoms with Crippen LogP contribution in [0.15, 0.2) is 47.0 Å². The molecule has 3 aromatic rings. The molecule has 1 amide bonds. The van der Waals surface area contributed by atoms with Gasteiger partial charge in [-0.15, -0.1) is 0 Å². The second-order valence-corrected chi connectivity index (χ2v) is 7.03. The number of benzene rings is 2. The van der Waals surface area contributed by atoms with Crippen LogP contribution in [0.4, 0.5) is 5.69 Å². The van der Waals surface area contributed by atoms with Gasteiger partial charge in [0.05, 0.1) is 18.1 Å². The van der Waals surface area contributed by atoms with Crippen LogP contribution in [0.25, 0.3) is 11.4 Å². The van der Waals surface area contributed by atoms with Crippen molar-refractivity contribution in [3.8, 4) is 17.1 Å². The lowest BCUT2D eigenvalue weighted by atomic mass is 10.1. The zero-order valence-corrected chi connectivity index (χ0v) is 16.3. The van der Waals surface area contributed by atoms with Crippen molar-refractivity contribution in [3.05, 3.63) is 59.5 Å². The van der Waals surface area contributed by atoms with Crippen molar-refractivity contribution in [1.29, 1.82) is 0 Å². The Morgan fingerprint density at radius 3 is 2.64 bits per heavy atom. The smallest absolute Gasteiger partial charge is 0.232 e. The highest BCUT2D eigenvalue weighted by Crippen LogP contribution is 2.36. The Morgan fingerprint density at radius 2 is 1.89 bits per heavy atom. The van der Waals surface area contributed by atoms with E-state index in [1.165, 1.54) is 0 Å². The summed E-state index contributed by atoms with van der Waals surface area (Å²) in [6.45, 7) is 7.09. The first-order chi connectivity index (χ1) is 13.6. The van der Waals surface area contributed by atoms with Crippen LogP contribution >= 0.6 is 0 Å². The zero-order chi connectivity index (χ0) is 19.7. The van der Waals surface area contributed by atoms with E-state index in [-0.39, 0.29) is 11.8 Å². The van der Waals surface area contributed by atoms with E-state index in [1.807, 2.05) is 68.1 Å². The largest absolute Gasteiger partial charge is 0.493 e. The minimum absolute atomic E-state index is 0.0804. The van der Waals surface area contributed by atoms with Crippen LogP contribution in [-0.4, -0.2) is 29.2 Å². The quantitative estimate of drug-likeness (QED) is 0.664. The summed E-state index contributed by atoms with van der Waals surface area (Å²) in [5, 5.41) is 4.14. The summed E-state index contributed by atoms with van der Waals surface area (Å²) in [6, 6.07) is 13.7. The molecule has 1 unspecified atom stereocenters. The number of aromatic nitrogens is 2. The first-order valence-electron chi connectivity index (χ1n) is 9.51. The van der Waals surface area contributed by atoms with E-state index in [2.05, 4.69) is 10.1 Å². The van der Waals surface area contributed by atoms with E-state index >= 15 is 0 Å². The van der Waals surface area contributed by atoms with Gasteiger partial charge in [-0.3, -0.25) is 4.79 Å². The number of hydrogen-bond donors (Lipinski definition) is 0. The summed E-state index contributed by atoms with van der Waals surface area (Å²) >= 11 is 0. The summed E-state index contributed by atoms with van der Waals surface area (Å²) in [7, 11) is 0. The molecule has 1 aliphatic heterocycles. The fourth-order valence-corrected chi connectivity index (χ4v) is 3.76. The highest BCUT2D eigenvalue weighted by atomic mass is 16.5. The molecule has 1 aromatic heterocycles. The van der Waals surface area contributed by atoms with Crippen molar-refractivity contribution in [3.63, 3.8) is 0 Å². The fraction of sp³-hybridized carbons (Fsp3) is 0.318. The molecular formula is C22H23N3O3. The number of para-hydroxylation sites is 2. The molecule has 6 heteroatoms. The standard InChI is InChI=1S/C22H23N3O3/c1-4-27-18-11-6-5-10-17(18)21-23-22(28-24-21)16-12-19(26)25(13-16)20-14(2)8-7-9-15(20)3/h5-11,16H,4,12-13H2,1-3H3. The van der Waals surface area contributed by atoms with E-state index < -0.39 is 0 Å². The third-order valence-electron chi connectivity index (χ3n) is 5.05. The maximum Gasteiger partial charge on any atom is 0.232 e. The molecule has 1 atom stereocenters. The molecule has 0 aliphatic carbocycles. The number of aryl methyl sites for hydroxylation is 2. The summed E-state index contributed by atoms with van der Waals surface area (Å²) in [6.07, 6.45) is 0.364. The molecule has 0 radical (unpaired) electrons. The lowest BCUT2D eigenvalue weighted by Crippen LogP contribution is -2.26. The summed E-state index contributed by atoms with van der Waals surface area (Å²) in [4.78, 5) is 19.1. The van der Waals surface area contributed by atoms with E-state index in [4.69, 9.17) is 9.26 Å². The van der Waals surface area contributed by atoms with Gasteiger partial charge >= 0.3 is 0 Å². The van der Waals surface area contributed by atoms with Crippen molar-refractivity contribution < 1.29 is 14.1 Å². The molecule has 6 nitrogen and oxygen atoms in total. The van der Waals surface area contributed by atoms with Crippen LogP contribution in [0.1, 0.15) is 36.3 Å². The van der Waals surface area contributed by atoms with Crippen molar-refractivity contribution in [2.45, 2.75) is 33.1 Å². The summed E-state index contributed by atoms with van der Waals surface area (Å²) < 4.78 is 11.2.